The first-order chi connectivity index (χ1) is 20.8. The number of ether oxygens (including phenoxy) is 3. The van der Waals surface area contributed by atoms with Gasteiger partial charge in [0.05, 0.1) is 31.4 Å². The van der Waals surface area contributed by atoms with Crippen LogP contribution in [-0.4, -0.2) is 72.6 Å². The maximum Gasteiger partial charge on any atom is 0.295 e. The Hall–Kier alpha value is -4.14. The zero-order valence-electron chi connectivity index (χ0n) is 25.1. The Kier molecular flexibility index (Phi) is 9.79. The average Bonchev–Trinajstić information content (AvgIpc) is 3.26. The van der Waals surface area contributed by atoms with E-state index in [1.54, 1.807) is 23.1 Å². The highest BCUT2D eigenvalue weighted by atomic mass is 16.5. The Morgan fingerprint density at radius 1 is 0.953 bits per heavy atom. The predicted molar refractivity (Wildman–Crippen MR) is 165 cm³/mol. The number of morpholine rings is 1. The van der Waals surface area contributed by atoms with Gasteiger partial charge < -0.3 is 24.2 Å². The number of hydrogen-bond acceptors (Lipinski definition) is 7. The van der Waals surface area contributed by atoms with E-state index in [-0.39, 0.29) is 11.3 Å². The summed E-state index contributed by atoms with van der Waals surface area (Å²) in [6.45, 7) is 10.9. The summed E-state index contributed by atoms with van der Waals surface area (Å²) in [4.78, 5) is 31.0. The first-order valence-electron chi connectivity index (χ1n) is 15.0. The lowest BCUT2D eigenvalue weighted by Crippen LogP contribution is -2.38. The van der Waals surface area contributed by atoms with Crippen molar-refractivity contribution in [3.05, 3.63) is 95.1 Å². The minimum Gasteiger partial charge on any atom is -0.507 e. The molecule has 0 saturated carbocycles. The highest BCUT2D eigenvalue weighted by Crippen LogP contribution is 2.41. The van der Waals surface area contributed by atoms with Crippen LogP contribution in [0.3, 0.4) is 0 Å². The molecule has 1 amide bonds. The van der Waals surface area contributed by atoms with Crippen molar-refractivity contribution in [1.82, 2.24) is 9.80 Å². The lowest BCUT2D eigenvalue weighted by molar-refractivity contribution is -0.140. The summed E-state index contributed by atoms with van der Waals surface area (Å²) in [5, 5.41) is 11.6. The van der Waals surface area contributed by atoms with Gasteiger partial charge in [-0.3, -0.25) is 14.5 Å². The number of aliphatic hydroxyl groups excluding tert-OH is 1. The van der Waals surface area contributed by atoms with Gasteiger partial charge in [0.15, 0.2) is 0 Å². The highest BCUT2D eigenvalue weighted by molar-refractivity contribution is 6.46. The van der Waals surface area contributed by atoms with Crippen LogP contribution in [0, 0.1) is 12.8 Å². The van der Waals surface area contributed by atoms with Gasteiger partial charge in [0, 0.05) is 31.7 Å². The Morgan fingerprint density at radius 2 is 1.70 bits per heavy atom. The van der Waals surface area contributed by atoms with Crippen LogP contribution in [-0.2, 0) is 14.3 Å². The van der Waals surface area contributed by atoms with Gasteiger partial charge >= 0.3 is 0 Å². The molecule has 5 rings (SSSR count). The van der Waals surface area contributed by atoms with E-state index in [0.717, 1.165) is 30.9 Å². The van der Waals surface area contributed by atoms with E-state index in [9.17, 15) is 14.7 Å². The molecule has 2 fully saturated rings. The molecule has 0 radical (unpaired) electrons. The number of carbonyl (C=O) groups is 2. The van der Waals surface area contributed by atoms with E-state index >= 15 is 0 Å². The summed E-state index contributed by atoms with van der Waals surface area (Å²) >= 11 is 0. The summed E-state index contributed by atoms with van der Waals surface area (Å²) in [6.07, 6.45) is 0.685. The monoisotopic (exact) mass is 584 g/mol. The number of likely N-dealkylation sites (tertiary alicyclic amines) is 1. The third-order valence-electron chi connectivity index (χ3n) is 7.69. The molecule has 0 unspecified atom stereocenters. The van der Waals surface area contributed by atoms with Gasteiger partial charge in [-0.1, -0.05) is 44.2 Å². The highest BCUT2D eigenvalue weighted by Gasteiger charge is 2.46. The van der Waals surface area contributed by atoms with Crippen molar-refractivity contribution in [3.63, 3.8) is 0 Å². The first-order valence-corrected chi connectivity index (χ1v) is 15.0. The minimum atomic E-state index is -0.763. The molecule has 0 spiro atoms. The largest absolute Gasteiger partial charge is 0.507 e. The van der Waals surface area contributed by atoms with E-state index in [2.05, 4.69) is 18.7 Å². The number of aliphatic hydroxyl groups is 1. The quantitative estimate of drug-likeness (QED) is 0.169. The number of ketones is 1. The van der Waals surface area contributed by atoms with Crippen LogP contribution in [0.2, 0.25) is 0 Å². The molecule has 2 saturated heterocycles. The molecule has 3 aromatic carbocycles. The Bertz CT molecular complexity index is 1460. The van der Waals surface area contributed by atoms with Crippen LogP contribution in [0.4, 0.5) is 0 Å². The van der Waals surface area contributed by atoms with Crippen LogP contribution >= 0.6 is 0 Å². The number of hydrogen-bond donors (Lipinski definition) is 1. The van der Waals surface area contributed by atoms with Gasteiger partial charge in [-0.2, -0.15) is 0 Å². The summed E-state index contributed by atoms with van der Waals surface area (Å²) in [5.74, 6) is 0.827. The minimum absolute atomic E-state index is 0.0727. The maximum absolute atomic E-state index is 13.6. The fourth-order valence-electron chi connectivity index (χ4n) is 5.49. The molecule has 8 heteroatoms. The van der Waals surface area contributed by atoms with Crippen molar-refractivity contribution in [2.45, 2.75) is 33.2 Å². The van der Waals surface area contributed by atoms with Crippen molar-refractivity contribution in [2.75, 3.05) is 46.0 Å². The zero-order chi connectivity index (χ0) is 30.3. The topological polar surface area (TPSA) is 88.5 Å². The van der Waals surface area contributed by atoms with Crippen LogP contribution in [0.15, 0.2) is 78.4 Å². The van der Waals surface area contributed by atoms with Gasteiger partial charge in [-0.25, -0.2) is 0 Å². The second-order valence-electron chi connectivity index (χ2n) is 11.5. The van der Waals surface area contributed by atoms with E-state index in [4.69, 9.17) is 14.2 Å². The van der Waals surface area contributed by atoms with Gasteiger partial charge in [0.2, 0.25) is 0 Å². The smallest absolute Gasteiger partial charge is 0.295 e. The summed E-state index contributed by atoms with van der Waals surface area (Å²) in [7, 11) is 0. The molecule has 0 aliphatic carbocycles. The molecule has 1 atom stereocenters. The number of benzene rings is 3. The molecule has 43 heavy (non-hydrogen) atoms. The molecule has 2 aliphatic rings. The Morgan fingerprint density at radius 3 is 2.42 bits per heavy atom. The second kappa shape index (κ2) is 13.9. The number of rotatable bonds is 11. The summed E-state index contributed by atoms with van der Waals surface area (Å²) in [5.41, 5.74) is 2.05. The van der Waals surface area contributed by atoms with Crippen LogP contribution in [0.1, 0.15) is 43.0 Å². The molecule has 8 nitrogen and oxygen atoms in total. The second-order valence-corrected chi connectivity index (χ2v) is 11.5. The molecule has 2 heterocycles. The molecule has 3 aromatic rings. The van der Waals surface area contributed by atoms with Crippen molar-refractivity contribution in [1.29, 1.82) is 0 Å². The number of amides is 1. The van der Waals surface area contributed by atoms with Crippen molar-refractivity contribution < 1.29 is 28.9 Å². The lowest BCUT2D eigenvalue weighted by atomic mass is 9.94. The normalized spacial score (nSPS) is 18.8. The molecule has 0 bridgehead atoms. The standard InChI is InChI=1S/C35H40N2O6/c1-24(2)23-42-30-14-13-27(21-25(30)3)33(38)31-32(26-9-7-12-29(22-26)43-28-10-5-4-6-11-28)37(35(40)34(31)39)16-8-15-36-17-19-41-20-18-36/h4-7,9-14,21-22,24,32,38H,8,15-20,23H2,1-3H3/t32-/m1/s1. The van der Waals surface area contributed by atoms with Crippen LogP contribution < -0.4 is 9.47 Å². The van der Waals surface area contributed by atoms with E-state index < -0.39 is 17.7 Å². The predicted octanol–water partition coefficient (Wildman–Crippen LogP) is 5.97. The van der Waals surface area contributed by atoms with Gasteiger partial charge in [-0.15, -0.1) is 0 Å². The van der Waals surface area contributed by atoms with Crippen molar-refractivity contribution >= 4 is 17.4 Å². The Labute approximate surface area is 253 Å². The molecular formula is C35H40N2O6. The molecule has 2 aliphatic heterocycles. The number of carbonyl (C=O) groups excluding carboxylic acids is 2. The summed E-state index contributed by atoms with van der Waals surface area (Å²) < 4.78 is 17.4. The zero-order valence-corrected chi connectivity index (χ0v) is 25.1. The summed E-state index contributed by atoms with van der Waals surface area (Å²) in [6, 6.07) is 21.4. The van der Waals surface area contributed by atoms with Gasteiger partial charge in [-0.05, 0) is 72.9 Å². The van der Waals surface area contributed by atoms with Crippen LogP contribution in [0.25, 0.3) is 5.76 Å². The first kappa shape index (κ1) is 30.3. The van der Waals surface area contributed by atoms with Crippen molar-refractivity contribution in [2.24, 2.45) is 5.92 Å². The number of Topliss-reactive ketones (excluding diaryl/α,β-unsaturated/α-hetero) is 1. The SMILES string of the molecule is Cc1cc(C(O)=C2C(=O)C(=O)N(CCCN3CCOCC3)[C@@H]2c2cccc(Oc3ccccc3)c2)ccc1OCC(C)C. The van der Waals surface area contributed by atoms with Gasteiger partial charge in [0.1, 0.15) is 23.0 Å². The molecular weight excluding hydrogens is 544 g/mol. The number of aryl methyl sites for hydroxylation is 1. The van der Waals surface area contributed by atoms with E-state index in [0.29, 0.717) is 61.3 Å². The average molecular weight is 585 g/mol. The van der Waals surface area contributed by atoms with E-state index in [1.165, 1.54) is 0 Å². The van der Waals surface area contributed by atoms with Crippen LogP contribution in [0.5, 0.6) is 17.2 Å². The fourth-order valence-corrected chi connectivity index (χ4v) is 5.49. The molecule has 1 N–H and O–H groups in total. The maximum atomic E-state index is 13.6. The Balaban J connectivity index is 1.49. The third kappa shape index (κ3) is 7.27. The van der Waals surface area contributed by atoms with Gasteiger partial charge in [0.25, 0.3) is 11.7 Å². The molecule has 0 aromatic heterocycles. The van der Waals surface area contributed by atoms with E-state index in [1.807, 2.05) is 61.5 Å². The lowest BCUT2D eigenvalue weighted by Gasteiger charge is -2.29. The fraction of sp³-hybridized carbons (Fsp3) is 0.371. The number of nitrogens with zero attached hydrogens (tertiary/aromatic N) is 2. The number of para-hydroxylation sites is 1. The molecule has 226 valence electrons. The third-order valence-corrected chi connectivity index (χ3v) is 7.69. The van der Waals surface area contributed by atoms with Crippen molar-refractivity contribution in [3.8, 4) is 17.2 Å².